The van der Waals surface area contributed by atoms with Crippen LogP contribution in [0.5, 0.6) is 5.75 Å². The molecule has 0 amide bonds. The maximum Gasteiger partial charge on any atom is 0.421 e. The molecule has 0 fully saturated rings. The summed E-state index contributed by atoms with van der Waals surface area (Å²) in [5.74, 6) is -0.766. The molecule has 3 nitrogen and oxygen atoms in total. The van der Waals surface area contributed by atoms with Crippen LogP contribution in [0.1, 0.15) is 23.4 Å². The molecule has 98 valence electrons. The van der Waals surface area contributed by atoms with Crippen molar-refractivity contribution >= 4 is 0 Å². The smallest absolute Gasteiger partial charge is 0.421 e. The first-order valence-corrected chi connectivity index (χ1v) is 4.61. The minimum atomic E-state index is -5.00. The van der Waals surface area contributed by atoms with Gasteiger partial charge >= 0.3 is 6.18 Å². The molecule has 1 heterocycles. The molecule has 0 aliphatic heterocycles. The third-order valence-corrected chi connectivity index (χ3v) is 2.03. The van der Waals surface area contributed by atoms with Gasteiger partial charge in [0.25, 0.3) is 6.43 Å². The van der Waals surface area contributed by atoms with Crippen molar-refractivity contribution in [1.29, 1.82) is 5.26 Å². The summed E-state index contributed by atoms with van der Waals surface area (Å²) in [5, 5.41) is 8.40. The summed E-state index contributed by atoms with van der Waals surface area (Å²) in [7, 11) is 0.927. The lowest BCUT2D eigenvalue weighted by Gasteiger charge is -2.16. The van der Waals surface area contributed by atoms with Crippen molar-refractivity contribution in [2.45, 2.75) is 19.0 Å². The highest BCUT2D eigenvalue weighted by Gasteiger charge is 2.40. The predicted molar refractivity (Wildman–Crippen MR) is 50.1 cm³/mol. The highest BCUT2D eigenvalue weighted by molar-refractivity contribution is 5.41. The summed E-state index contributed by atoms with van der Waals surface area (Å²) in [5.41, 5.74) is -3.23. The molecule has 0 atom stereocenters. The van der Waals surface area contributed by atoms with Crippen molar-refractivity contribution in [1.82, 2.24) is 4.98 Å². The Morgan fingerprint density at radius 1 is 1.44 bits per heavy atom. The monoisotopic (exact) mass is 266 g/mol. The Morgan fingerprint density at radius 3 is 2.44 bits per heavy atom. The average molecular weight is 266 g/mol. The molecular formula is C10H7F5N2O. The maximum atomic E-state index is 12.7. The third kappa shape index (κ3) is 2.85. The normalized spacial score (nSPS) is 11.4. The van der Waals surface area contributed by atoms with Crippen LogP contribution in [0.15, 0.2) is 6.07 Å². The number of nitrogens with zero attached hydrogens (tertiary/aromatic N) is 2. The van der Waals surface area contributed by atoms with Crippen LogP contribution in [0, 0.1) is 11.3 Å². The van der Waals surface area contributed by atoms with Crippen LogP contribution in [-0.4, -0.2) is 12.1 Å². The van der Waals surface area contributed by atoms with Crippen LogP contribution >= 0.6 is 0 Å². The van der Waals surface area contributed by atoms with E-state index in [1.54, 1.807) is 6.07 Å². The molecule has 0 saturated heterocycles. The Morgan fingerprint density at radius 2 is 2.06 bits per heavy atom. The van der Waals surface area contributed by atoms with Crippen LogP contribution in [0.4, 0.5) is 22.0 Å². The van der Waals surface area contributed by atoms with Gasteiger partial charge in [-0.05, 0) is 0 Å². The summed E-state index contributed by atoms with van der Waals surface area (Å²) >= 11 is 0. The SMILES string of the molecule is COc1cc(CC#N)nc(C(F)F)c1C(F)(F)F. The second kappa shape index (κ2) is 5.16. The molecule has 1 rings (SSSR count). The van der Waals surface area contributed by atoms with Gasteiger partial charge in [-0.15, -0.1) is 0 Å². The molecular weight excluding hydrogens is 259 g/mol. The maximum absolute atomic E-state index is 12.7. The largest absolute Gasteiger partial charge is 0.496 e. The van der Waals surface area contributed by atoms with Gasteiger partial charge in [-0.25, -0.2) is 13.8 Å². The average Bonchev–Trinajstić information content (AvgIpc) is 2.26. The lowest BCUT2D eigenvalue weighted by molar-refractivity contribution is -0.141. The molecule has 1 aromatic rings. The van der Waals surface area contributed by atoms with E-state index < -0.39 is 29.6 Å². The highest BCUT2D eigenvalue weighted by Crippen LogP contribution is 2.41. The van der Waals surface area contributed by atoms with E-state index in [4.69, 9.17) is 5.26 Å². The molecule has 8 heteroatoms. The van der Waals surface area contributed by atoms with Crippen LogP contribution in [0.3, 0.4) is 0 Å². The number of rotatable bonds is 3. The third-order valence-electron chi connectivity index (χ3n) is 2.03. The van der Waals surface area contributed by atoms with Gasteiger partial charge < -0.3 is 4.74 Å². The zero-order valence-electron chi connectivity index (χ0n) is 9.05. The van der Waals surface area contributed by atoms with Gasteiger partial charge in [0, 0.05) is 6.07 Å². The van der Waals surface area contributed by atoms with Gasteiger partial charge in [0.05, 0.1) is 25.3 Å². The highest BCUT2D eigenvalue weighted by atomic mass is 19.4. The Balaban J connectivity index is 3.52. The van der Waals surface area contributed by atoms with E-state index in [2.05, 4.69) is 9.72 Å². The molecule has 0 aliphatic rings. The summed E-state index contributed by atoms with van der Waals surface area (Å²) in [6.45, 7) is 0. The van der Waals surface area contributed by atoms with Crippen LogP contribution in [0.2, 0.25) is 0 Å². The van der Waals surface area contributed by atoms with Crippen molar-refractivity contribution < 1.29 is 26.7 Å². The summed E-state index contributed by atoms with van der Waals surface area (Å²) in [6.07, 6.45) is -8.79. The summed E-state index contributed by atoms with van der Waals surface area (Å²) in [4.78, 5) is 3.16. The first-order chi connectivity index (χ1) is 8.31. The zero-order valence-corrected chi connectivity index (χ0v) is 9.05. The van der Waals surface area contributed by atoms with Crippen molar-refractivity contribution in [3.63, 3.8) is 0 Å². The summed E-state index contributed by atoms with van der Waals surface area (Å²) < 4.78 is 67.6. The van der Waals surface area contributed by atoms with Crippen molar-refractivity contribution in [3.05, 3.63) is 23.0 Å². The van der Waals surface area contributed by atoms with Crippen molar-refractivity contribution in [3.8, 4) is 11.8 Å². The van der Waals surface area contributed by atoms with Gasteiger partial charge in [0.15, 0.2) is 0 Å². The minimum absolute atomic E-state index is 0.197. The Hall–Kier alpha value is -1.91. The van der Waals surface area contributed by atoms with Crippen molar-refractivity contribution in [2.24, 2.45) is 0 Å². The molecule has 0 bridgehead atoms. The molecule has 0 aliphatic carbocycles. The van der Waals surface area contributed by atoms with E-state index in [1.165, 1.54) is 0 Å². The number of pyridine rings is 1. The quantitative estimate of drug-likeness (QED) is 0.789. The van der Waals surface area contributed by atoms with Gasteiger partial charge in [0.1, 0.15) is 17.0 Å². The van der Waals surface area contributed by atoms with E-state index in [1.807, 2.05) is 0 Å². The standard InChI is InChI=1S/C10H7F5N2O/c1-18-6-4-5(2-3-16)17-8(9(11)12)7(6)10(13,14)15/h4,9H,2H2,1H3. The molecule has 0 N–H and O–H groups in total. The van der Waals surface area contributed by atoms with E-state index >= 15 is 0 Å². The predicted octanol–water partition coefficient (Wildman–Crippen LogP) is 3.11. The number of ether oxygens (including phenoxy) is 1. The Bertz CT molecular complexity index is 478. The number of methoxy groups -OCH3 is 1. The topological polar surface area (TPSA) is 45.9 Å². The zero-order chi connectivity index (χ0) is 13.9. The minimum Gasteiger partial charge on any atom is -0.496 e. The molecule has 18 heavy (non-hydrogen) atoms. The van der Waals surface area contributed by atoms with E-state index in [9.17, 15) is 22.0 Å². The first-order valence-electron chi connectivity index (χ1n) is 4.61. The number of alkyl halides is 5. The Kier molecular flexibility index (Phi) is 4.06. The molecule has 0 spiro atoms. The number of aromatic nitrogens is 1. The van der Waals surface area contributed by atoms with Crippen LogP contribution < -0.4 is 4.74 Å². The second-order valence-corrected chi connectivity index (χ2v) is 3.21. The summed E-state index contributed by atoms with van der Waals surface area (Å²) in [6, 6.07) is 2.45. The van der Waals surface area contributed by atoms with E-state index in [0.717, 1.165) is 13.2 Å². The molecule has 0 saturated carbocycles. The molecule has 0 radical (unpaired) electrons. The van der Waals surface area contributed by atoms with Crippen LogP contribution in [-0.2, 0) is 12.6 Å². The van der Waals surface area contributed by atoms with Gasteiger partial charge in [-0.1, -0.05) is 0 Å². The van der Waals surface area contributed by atoms with Gasteiger partial charge in [-0.2, -0.15) is 18.4 Å². The fraction of sp³-hybridized carbons (Fsp3) is 0.400. The van der Waals surface area contributed by atoms with Crippen LogP contribution in [0.25, 0.3) is 0 Å². The fourth-order valence-corrected chi connectivity index (χ4v) is 1.37. The van der Waals surface area contributed by atoms with Crippen molar-refractivity contribution in [2.75, 3.05) is 7.11 Å². The van der Waals surface area contributed by atoms with Gasteiger partial charge in [0.2, 0.25) is 0 Å². The first kappa shape index (κ1) is 14.2. The number of hydrogen-bond acceptors (Lipinski definition) is 3. The Labute approximate surface area is 98.8 Å². The number of halogens is 5. The van der Waals surface area contributed by atoms with E-state index in [-0.39, 0.29) is 12.1 Å². The van der Waals surface area contributed by atoms with Gasteiger partial charge in [-0.3, -0.25) is 0 Å². The number of hydrogen-bond donors (Lipinski definition) is 0. The lowest BCUT2D eigenvalue weighted by Crippen LogP contribution is -2.14. The lowest BCUT2D eigenvalue weighted by atomic mass is 10.1. The second-order valence-electron chi connectivity index (χ2n) is 3.21. The molecule has 0 unspecified atom stereocenters. The fourth-order valence-electron chi connectivity index (χ4n) is 1.37. The van der Waals surface area contributed by atoms with E-state index in [0.29, 0.717) is 0 Å². The number of nitriles is 1. The molecule has 1 aromatic heterocycles. The molecule has 0 aromatic carbocycles.